The highest BCUT2D eigenvalue weighted by atomic mass is 19.1. The lowest BCUT2D eigenvalue weighted by Gasteiger charge is -2.41. The normalized spacial score (nSPS) is 39.3. The van der Waals surface area contributed by atoms with Crippen LogP contribution in [0.4, 0.5) is 4.39 Å². The zero-order valence-corrected chi connectivity index (χ0v) is 13.6. The second kappa shape index (κ2) is 7.56. The minimum Gasteiger partial charge on any atom is -0.376 e. The lowest BCUT2D eigenvalue weighted by atomic mass is 9.89. The van der Waals surface area contributed by atoms with E-state index in [0.29, 0.717) is 25.4 Å². The number of rotatable bonds is 7. The van der Waals surface area contributed by atoms with Gasteiger partial charge in [0.2, 0.25) is 0 Å². The molecule has 22 heavy (non-hydrogen) atoms. The summed E-state index contributed by atoms with van der Waals surface area (Å²) in [7, 11) is 1.67. The minimum absolute atomic E-state index is 0.0328. The maximum Gasteiger partial charge on any atom is 0.195 e. The van der Waals surface area contributed by atoms with Crippen molar-refractivity contribution in [3.05, 3.63) is 0 Å². The monoisotopic (exact) mass is 316 g/mol. The Kier molecular flexibility index (Phi) is 5.71. The highest BCUT2D eigenvalue weighted by Gasteiger charge is 2.55. The van der Waals surface area contributed by atoms with Crippen LogP contribution in [-0.2, 0) is 18.9 Å². The fraction of sp³-hybridized carbons (Fsp3) is 1.00. The highest BCUT2D eigenvalue weighted by Crippen LogP contribution is 2.42. The number of fused-ring (bicyclic) bond motifs is 2. The quantitative estimate of drug-likeness (QED) is 0.722. The van der Waals surface area contributed by atoms with E-state index >= 15 is 0 Å². The van der Waals surface area contributed by atoms with Crippen molar-refractivity contribution in [3.8, 4) is 0 Å². The van der Waals surface area contributed by atoms with Crippen molar-refractivity contribution in [1.82, 2.24) is 0 Å². The van der Waals surface area contributed by atoms with Gasteiger partial charge in [-0.25, -0.2) is 0 Å². The number of ether oxygens (including phenoxy) is 4. The van der Waals surface area contributed by atoms with Crippen LogP contribution in [0.2, 0.25) is 0 Å². The first-order chi connectivity index (χ1) is 10.8. The van der Waals surface area contributed by atoms with E-state index < -0.39 is 5.79 Å². The van der Waals surface area contributed by atoms with Gasteiger partial charge in [0.25, 0.3) is 0 Å². The van der Waals surface area contributed by atoms with Gasteiger partial charge in [0.15, 0.2) is 5.79 Å². The van der Waals surface area contributed by atoms with Crippen LogP contribution in [-0.4, -0.2) is 51.1 Å². The zero-order chi connectivity index (χ0) is 15.4. The molecule has 4 nitrogen and oxygen atoms in total. The standard InChI is InChI=1S/C17H29FO4/c1-19-16-10-14(20-11-13-6-3-2-4-7-13)15-12-21-17(16,22-15)8-5-9-18/h13-16H,2-12H2,1H3/t14-,15+,16+,17?/m0/s1. The maximum atomic E-state index is 12.5. The summed E-state index contributed by atoms with van der Waals surface area (Å²) in [5, 5.41) is 0. The van der Waals surface area contributed by atoms with Crippen molar-refractivity contribution in [3.63, 3.8) is 0 Å². The van der Waals surface area contributed by atoms with Gasteiger partial charge in [-0.2, -0.15) is 0 Å². The summed E-state index contributed by atoms with van der Waals surface area (Å²) in [4.78, 5) is 0. The molecule has 1 saturated carbocycles. The van der Waals surface area contributed by atoms with Crippen molar-refractivity contribution in [1.29, 1.82) is 0 Å². The van der Waals surface area contributed by atoms with E-state index in [1.807, 2.05) is 0 Å². The summed E-state index contributed by atoms with van der Waals surface area (Å²) >= 11 is 0. The van der Waals surface area contributed by atoms with Gasteiger partial charge in [0.05, 0.1) is 19.4 Å². The molecule has 0 amide bonds. The fourth-order valence-corrected chi connectivity index (χ4v) is 4.11. The van der Waals surface area contributed by atoms with E-state index in [9.17, 15) is 4.39 Å². The van der Waals surface area contributed by atoms with Crippen molar-refractivity contribution >= 4 is 0 Å². The maximum absolute atomic E-state index is 12.5. The molecule has 0 aromatic rings. The summed E-state index contributed by atoms with van der Waals surface area (Å²) in [5.41, 5.74) is 0. The second-order valence-corrected chi connectivity index (χ2v) is 6.91. The van der Waals surface area contributed by atoms with E-state index in [1.54, 1.807) is 7.11 Å². The van der Waals surface area contributed by atoms with E-state index in [4.69, 9.17) is 18.9 Å². The molecule has 0 aromatic carbocycles. The predicted molar refractivity (Wildman–Crippen MR) is 80.5 cm³/mol. The predicted octanol–water partition coefficient (Wildman–Crippen LogP) is 3.23. The third kappa shape index (κ3) is 3.48. The van der Waals surface area contributed by atoms with Gasteiger partial charge < -0.3 is 18.9 Å². The van der Waals surface area contributed by atoms with Crippen LogP contribution in [0.1, 0.15) is 51.4 Å². The van der Waals surface area contributed by atoms with Gasteiger partial charge in [-0.3, -0.25) is 4.39 Å². The summed E-state index contributed by atoms with van der Waals surface area (Å²) in [6.45, 7) is 0.997. The van der Waals surface area contributed by atoms with Crippen LogP contribution in [0.3, 0.4) is 0 Å². The van der Waals surface area contributed by atoms with Crippen LogP contribution in [0, 0.1) is 5.92 Å². The molecule has 4 atom stereocenters. The lowest BCUT2D eigenvalue weighted by Crippen LogP contribution is -2.53. The van der Waals surface area contributed by atoms with Crippen molar-refractivity contribution in [2.45, 2.75) is 75.5 Å². The Balaban J connectivity index is 1.54. The van der Waals surface area contributed by atoms with Crippen molar-refractivity contribution < 1.29 is 23.3 Å². The average Bonchev–Trinajstić information content (AvgIpc) is 2.94. The highest BCUT2D eigenvalue weighted by molar-refractivity contribution is 4.97. The Hall–Kier alpha value is -0.230. The molecule has 0 spiro atoms. The van der Waals surface area contributed by atoms with Crippen molar-refractivity contribution in [2.24, 2.45) is 5.92 Å². The molecule has 3 fully saturated rings. The molecule has 1 aliphatic carbocycles. The van der Waals surface area contributed by atoms with Gasteiger partial charge >= 0.3 is 0 Å². The van der Waals surface area contributed by atoms with Crippen LogP contribution >= 0.6 is 0 Å². The molecular weight excluding hydrogens is 287 g/mol. The molecule has 2 bridgehead atoms. The third-order valence-corrected chi connectivity index (χ3v) is 5.41. The van der Waals surface area contributed by atoms with Crippen LogP contribution < -0.4 is 0 Å². The molecule has 5 heteroatoms. The summed E-state index contributed by atoms with van der Waals surface area (Å²) in [6.07, 6.45) is 8.18. The molecule has 0 N–H and O–H groups in total. The number of hydrogen-bond donors (Lipinski definition) is 0. The third-order valence-electron chi connectivity index (χ3n) is 5.41. The Morgan fingerprint density at radius 1 is 1.23 bits per heavy atom. The first-order valence-electron chi connectivity index (χ1n) is 8.79. The summed E-state index contributed by atoms with van der Waals surface area (Å²) < 4.78 is 36.3. The SMILES string of the molecule is CO[C@@H]1C[C@H](OCC2CCCCC2)[C@H]2COC1(CCCF)O2. The smallest absolute Gasteiger partial charge is 0.195 e. The number of hydrogen-bond acceptors (Lipinski definition) is 4. The van der Waals surface area contributed by atoms with Crippen LogP contribution in [0.15, 0.2) is 0 Å². The molecule has 0 aromatic heterocycles. The Morgan fingerprint density at radius 3 is 2.77 bits per heavy atom. The molecule has 2 saturated heterocycles. The van der Waals surface area contributed by atoms with Crippen LogP contribution in [0.5, 0.6) is 0 Å². The summed E-state index contributed by atoms with van der Waals surface area (Å²) in [6, 6.07) is 0. The Morgan fingerprint density at radius 2 is 2.05 bits per heavy atom. The molecule has 2 heterocycles. The number of alkyl halides is 1. The number of halogens is 1. The van der Waals surface area contributed by atoms with Crippen molar-refractivity contribution in [2.75, 3.05) is 27.0 Å². The Labute approximate surface area is 132 Å². The zero-order valence-electron chi connectivity index (χ0n) is 13.6. The first-order valence-corrected chi connectivity index (χ1v) is 8.79. The molecule has 0 radical (unpaired) electrons. The largest absolute Gasteiger partial charge is 0.376 e. The van der Waals surface area contributed by atoms with Crippen LogP contribution in [0.25, 0.3) is 0 Å². The van der Waals surface area contributed by atoms with E-state index in [2.05, 4.69) is 0 Å². The van der Waals surface area contributed by atoms with E-state index in [0.717, 1.165) is 13.0 Å². The molecule has 1 unspecified atom stereocenters. The van der Waals surface area contributed by atoms with Gasteiger partial charge in [0, 0.05) is 26.6 Å². The second-order valence-electron chi connectivity index (χ2n) is 6.91. The average molecular weight is 316 g/mol. The minimum atomic E-state index is -0.754. The number of methoxy groups -OCH3 is 1. The van der Waals surface area contributed by atoms with Gasteiger partial charge in [-0.05, 0) is 25.2 Å². The van der Waals surface area contributed by atoms with Gasteiger partial charge in [-0.15, -0.1) is 0 Å². The van der Waals surface area contributed by atoms with Gasteiger partial charge in [0.1, 0.15) is 12.2 Å². The first kappa shape index (κ1) is 16.6. The lowest BCUT2D eigenvalue weighted by molar-refractivity contribution is -0.277. The van der Waals surface area contributed by atoms with E-state index in [1.165, 1.54) is 32.1 Å². The molecule has 128 valence electrons. The fourth-order valence-electron chi connectivity index (χ4n) is 4.11. The molecule has 2 aliphatic heterocycles. The van der Waals surface area contributed by atoms with E-state index in [-0.39, 0.29) is 25.0 Å². The molecular formula is C17H29FO4. The topological polar surface area (TPSA) is 36.9 Å². The Bertz CT molecular complexity index is 348. The summed E-state index contributed by atoms with van der Waals surface area (Å²) in [5.74, 6) is -0.0637. The molecule has 3 rings (SSSR count). The molecule has 3 aliphatic rings. The van der Waals surface area contributed by atoms with Gasteiger partial charge in [-0.1, -0.05) is 19.3 Å².